The fraction of sp³-hybridized carbons (Fsp3) is 0.500. The lowest BCUT2D eigenvalue weighted by molar-refractivity contribution is 0.00617. The molecule has 0 amide bonds. The molecule has 1 atom stereocenters. The molecule has 1 aliphatic heterocycles. The lowest BCUT2D eigenvalue weighted by Crippen LogP contribution is -2.39. The summed E-state index contributed by atoms with van der Waals surface area (Å²) in [6, 6.07) is 9.67. The molecule has 2 aromatic rings. The van der Waals surface area contributed by atoms with E-state index in [1.54, 1.807) is 0 Å². The number of nitrogens with one attached hydrogen (secondary N) is 1. The molecule has 6 heteroatoms. The van der Waals surface area contributed by atoms with Gasteiger partial charge in [-0.05, 0) is 43.6 Å². The van der Waals surface area contributed by atoms with Crippen molar-refractivity contribution in [2.24, 2.45) is 0 Å². The summed E-state index contributed by atoms with van der Waals surface area (Å²) in [6.45, 7) is 3.39. The third kappa shape index (κ3) is 4.80. The lowest BCUT2D eigenvalue weighted by atomic mass is 9.93. The molecule has 1 aromatic heterocycles. The van der Waals surface area contributed by atoms with Gasteiger partial charge in [0.1, 0.15) is 0 Å². The summed E-state index contributed by atoms with van der Waals surface area (Å²) >= 11 is 6.09. The Bertz CT molecular complexity index is 612. The number of aromatic amines is 1. The molecule has 0 spiro atoms. The smallest absolute Gasteiger partial charge is 0.0900 e. The lowest BCUT2D eigenvalue weighted by Gasteiger charge is -2.32. The SMILES string of the molecule is O[C@H](COCc1ccccc1Cl)CN1CCC(c2ccn[nH]2)CC1. The van der Waals surface area contributed by atoms with E-state index in [4.69, 9.17) is 16.3 Å². The average Bonchev–Trinajstić information content (AvgIpc) is 3.12. The van der Waals surface area contributed by atoms with Crippen molar-refractivity contribution in [2.45, 2.75) is 31.5 Å². The van der Waals surface area contributed by atoms with Gasteiger partial charge in [-0.25, -0.2) is 0 Å². The number of aromatic nitrogens is 2. The van der Waals surface area contributed by atoms with Gasteiger partial charge < -0.3 is 14.7 Å². The van der Waals surface area contributed by atoms with Crippen LogP contribution in [0, 0.1) is 0 Å². The van der Waals surface area contributed by atoms with Crippen molar-refractivity contribution in [1.29, 1.82) is 0 Å². The average molecular weight is 350 g/mol. The van der Waals surface area contributed by atoms with Gasteiger partial charge in [-0.3, -0.25) is 5.10 Å². The zero-order chi connectivity index (χ0) is 16.8. The van der Waals surface area contributed by atoms with Crippen molar-refractivity contribution < 1.29 is 9.84 Å². The van der Waals surface area contributed by atoms with E-state index >= 15 is 0 Å². The normalized spacial score (nSPS) is 17.9. The number of aliphatic hydroxyl groups is 1. The number of rotatable bonds is 7. The zero-order valence-electron chi connectivity index (χ0n) is 13.7. The Morgan fingerprint density at radius 3 is 2.79 bits per heavy atom. The van der Waals surface area contributed by atoms with Gasteiger partial charge in [0.25, 0.3) is 0 Å². The first-order valence-corrected chi connectivity index (χ1v) is 8.81. The Morgan fingerprint density at radius 1 is 1.29 bits per heavy atom. The van der Waals surface area contributed by atoms with Gasteiger partial charge in [0, 0.05) is 29.4 Å². The number of likely N-dealkylation sites (tertiary alicyclic amines) is 1. The number of benzene rings is 1. The molecule has 5 nitrogen and oxygen atoms in total. The molecule has 0 bridgehead atoms. The van der Waals surface area contributed by atoms with Crippen LogP contribution in [0.3, 0.4) is 0 Å². The Balaban J connectivity index is 1.35. The van der Waals surface area contributed by atoms with Crippen LogP contribution in [-0.4, -0.2) is 52.5 Å². The standard InChI is InChI=1S/C18H24ClN3O2/c19-17-4-2-1-3-15(17)12-24-13-16(23)11-22-9-6-14(7-10-22)18-5-8-20-21-18/h1-5,8,14,16,23H,6-7,9-13H2,(H,20,21)/t16-/m0/s1. The number of hydrogen-bond donors (Lipinski definition) is 2. The molecule has 2 N–H and O–H groups in total. The summed E-state index contributed by atoms with van der Waals surface area (Å²) in [7, 11) is 0. The molecule has 0 saturated carbocycles. The van der Waals surface area contributed by atoms with Crippen LogP contribution in [0.4, 0.5) is 0 Å². The van der Waals surface area contributed by atoms with Gasteiger partial charge in [-0.1, -0.05) is 29.8 Å². The van der Waals surface area contributed by atoms with Crippen LogP contribution >= 0.6 is 11.6 Å². The van der Waals surface area contributed by atoms with Crippen molar-refractivity contribution in [1.82, 2.24) is 15.1 Å². The number of ether oxygens (including phenoxy) is 1. The van der Waals surface area contributed by atoms with Crippen LogP contribution in [0.15, 0.2) is 36.5 Å². The summed E-state index contributed by atoms with van der Waals surface area (Å²) in [4.78, 5) is 2.30. The third-order valence-corrected chi connectivity index (χ3v) is 4.91. The van der Waals surface area contributed by atoms with E-state index in [-0.39, 0.29) is 0 Å². The van der Waals surface area contributed by atoms with Crippen LogP contribution < -0.4 is 0 Å². The monoisotopic (exact) mass is 349 g/mol. The Labute approximate surface area is 147 Å². The van der Waals surface area contributed by atoms with Gasteiger partial charge in [-0.2, -0.15) is 5.10 Å². The van der Waals surface area contributed by atoms with Gasteiger partial charge in [-0.15, -0.1) is 0 Å². The van der Waals surface area contributed by atoms with E-state index < -0.39 is 6.10 Å². The molecule has 0 unspecified atom stereocenters. The van der Waals surface area contributed by atoms with Crippen LogP contribution in [0.1, 0.15) is 30.0 Å². The maximum absolute atomic E-state index is 10.2. The predicted octanol–water partition coefficient (Wildman–Crippen LogP) is 2.82. The Hall–Kier alpha value is -1.40. The number of aliphatic hydroxyl groups excluding tert-OH is 1. The van der Waals surface area contributed by atoms with Gasteiger partial charge in [0.2, 0.25) is 0 Å². The first kappa shape index (κ1) is 17.4. The van der Waals surface area contributed by atoms with Crippen molar-refractivity contribution in [3.05, 3.63) is 52.8 Å². The molecule has 3 rings (SSSR count). The summed E-state index contributed by atoms with van der Waals surface area (Å²) in [6.07, 6.45) is 3.52. The quantitative estimate of drug-likeness (QED) is 0.807. The van der Waals surface area contributed by atoms with E-state index in [0.717, 1.165) is 31.5 Å². The van der Waals surface area contributed by atoms with Crippen molar-refractivity contribution >= 4 is 11.6 Å². The Morgan fingerprint density at radius 2 is 2.08 bits per heavy atom. The van der Waals surface area contributed by atoms with E-state index in [0.29, 0.717) is 30.7 Å². The molecular formula is C18H24ClN3O2. The molecule has 1 saturated heterocycles. The number of nitrogens with zero attached hydrogens (tertiary/aromatic N) is 2. The highest BCUT2D eigenvalue weighted by atomic mass is 35.5. The predicted molar refractivity (Wildman–Crippen MR) is 94.1 cm³/mol. The minimum absolute atomic E-state index is 0.325. The van der Waals surface area contributed by atoms with Crippen LogP contribution in [0.2, 0.25) is 5.02 Å². The number of piperidine rings is 1. The van der Waals surface area contributed by atoms with E-state index in [1.807, 2.05) is 30.5 Å². The molecule has 1 fully saturated rings. The summed E-state index contributed by atoms with van der Waals surface area (Å²) in [5, 5.41) is 18.0. The van der Waals surface area contributed by atoms with Crippen molar-refractivity contribution in [2.75, 3.05) is 26.2 Å². The molecule has 24 heavy (non-hydrogen) atoms. The van der Waals surface area contributed by atoms with Crippen LogP contribution in [0.5, 0.6) is 0 Å². The highest BCUT2D eigenvalue weighted by molar-refractivity contribution is 6.31. The topological polar surface area (TPSA) is 61.4 Å². The zero-order valence-corrected chi connectivity index (χ0v) is 14.5. The van der Waals surface area contributed by atoms with E-state index in [9.17, 15) is 5.11 Å². The minimum atomic E-state index is -0.476. The fourth-order valence-electron chi connectivity index (χ4n) is 3.19. The second-order valence-electron chi connectivity index (χ2n) is 6.35. The third-order valence-electron chi connectivity index (χ3n) is 4.54. The number of halogens is 1. The highest BCUT2D eigenvalue weighted by Gasteiger charge is 2.22. The number of H-pyrrole nitrogens is 1. The van der Waals surface area contributed by atoms with E-state index in [2.05, 4.69) is 21.2 Å². The first-order chi connectivity index (χ1) is 11.7. The highest BCUT2D eigenvalue weighted by Crippen LogP contribution is 2.26. The fourth-order valence-corrected chi connectivity index (χ4v) is 3.38. The second-order valence-corrected chi connectivity index (χ2v) is 6.75. The first-order valence-electron chi connectivity index (χ1n) is 8.43. The molecule has 0 aliphatic carbocycles. The van der Waals surface area contributed by atoms with E-state index in [1.165, 1.54) is 5.69 Å². The Kier molecular flexibility index (Phi) is 6.26. The molecular weight excluding hydrogens is 326 g/mol. The second kappa shape index (κ2) is 8.62. The van der Waals surface area contributed by atoms with Crippen molar-refractivity contribution in [3.63, 3.8) is 0 Å². The van der Waals surface area contributed by atoms with Crippen LogP contribution in [-0.2, 0) is 11.3 Å². The van der Waals surface area contributed by atoms with Gasteiger partial charge in [0.05, 0.1) is 19.3 Å². The molecule has 1 aliphatic rings. The summed E-state index contributed by atoms with van der Waals surface area (Å²) in [5.41, 5.74) is 2.17. The van der Waals surface area contributed by atoms with Crippen molar-refractivity contribution in [3.8, 4) is 0 Å². The van der Waals surface area contributed by atoms with Gasteiger partial charge >= 0.3 is 0 Å². The number of β-amino-alcohol motifs (C(OH)–C–C–N with tert-alkyl or cyclic N) is 1. The van der Waals surface area contributed by atoms with Gasteiger partial charge in [0.15, 0.2) is 0 Å². The maximum Gasteiger partial charge on any atom is 0.0900 e. The largest absolute Gasteiger partial charge is 0.389 e. The summed E-state index contributed by atoms with van der Waals surface area (Å²) in [5.74, 6) is 0.553. The van der Waals surface area contributed by atoms with Crippen LogP contribution in [0.25, 0.3) is 0 Å². The molecule has 130 valence electrons. The molecule has 1 aromatic carbocycles. The molecule has 2 heterocycles. The maximum atomic E-state index is 10.2. The number of hydrogen-bond acceptors (Lipinski definition) is 4. The summed E-state index contributed by atoms with van der Waals surface area (Å²) < 4.78 is 5.61. The molecule has 0 radical (unpaired) electrons. The minimum Gasteiger partial charge on any atom is -0.389 e.